The first-order chi connectivity index (χ1) is 6.86. The number of benzene rings is 1. The Morgan fingerprint density at radius 2 is 2.07 bits per heavy atom. The molecule has 0 fully saturated rings. The van der Waals surface area contributed by atoms with Crippen LogP contribution in [-0.2, 0) is 0 Å². The summed E-state index contributed by atoms with van der Waals surface area (Å²) in [6, 6.07) is 13.6. The first kappa shape index (κ1) is 9.03. The lowest BCUT2D eigenvalue weighted by Crippen LogP contribution is -1.87. The Morgan fingerprint density at radius 3 is 2.79 bits per heavy atom. The molecule has 0 saturated carbocycles. The Hall–Kier alpha value is -1.54. The van der Waals surface area contributed by atoms with Gasteiger partial charge in [-0.1, -0.05) is 23.7 Å². The van der Waals surface area contributed by atoms with Crippen LogP contribution in [0.15, 0.2) is 42.6 Å². The average Bonchev–Trinajstić information content (AvgIpc) is 2.23. The van der Waals surface area contributed by atoms with Crippen molar-refractivity contribution in [3.63, 3.8) is 0 Å². The molecule has 0 N–H and O–H groups in total. The summed E-state index contributed by atoms with van der Waals surface area (Å²) in [5.41, 5.74) is 0. The van der Waals surface area contributed by atoms with Crippen molar-refractivity contribution in [1.82, 2.24) is 4.98 Å². The molecule has 0 bridgehead atoms. The second-order valence-electron chi connectivity index (χ2n) is 2.62. The van der Waals surface area contributed by atoms with E-state index in [9.17, 15) is 0 Å². The van der Waals surface area contributed by atoms with Crippen LogP contribution < -0.4 is 4.74 Å². The third-order valence-corrected chi connectivity index (χ3v) is 1.94. The second-order valence-corrected chi connectivity index (χ2v) is 3.03. The first-order valence-corrected chi connectivity index (χ1v) is 4.49. The first-order valence-electron chi connectivity index (χ1n) is 4.11. The molecule has 3 heteroatoms. The summed E-state index contributed by atoms with van der Waals surface area (Å²) in [6.07, 6.45) is 1.64. The molecule has 1 radical (unpaired) electrons. The van der Waals surface area contributed by atoms with E-state index in [2.05, 4.69) is 11.1 Å². The van der Waals surface area contributed by atoms with Crippen LogP contribution in [0.4, 0.5) is 0 Å². The fourth-order valence-corrected chi connectivity index (χ4v) is 1.17. The van der Waals surface area contributed by atoms with Crippen LogP contribution in [-0.4, -0.2) is 4.98 Å². The van der Waals surface area contributed by atoms with Crippen LogP contribution >= 0.6 is 11.6 Å². The highest BCUT2D eigenvalue weighted by atomic mass is 35.5. The Labute approximate surface area is 87.1 Å². The lowest BCUT2D eigenvalue weighted by Gasteiger charge is -2.04. The Balaban J connectivity index is 2.24. The van der Waals surface area contributed by atoms with E-state index in [1.165, 1.54) is 0 Å². The highest BCUT2D eigenvalue weighted by Gasteiger charge is 2.01. The zero-order valence-electron chi connectivity index (χ0n) is 7.27. The van der Waals surface area contributed by atoms with E-state index >= 15 is 0 Å². The van der Waals surface area contributed by atoms with E-state index in [-0.39, 0.29) is 0 Å². The van der Waals surface area contributed by atoms with Gasteiger partial charge in [-0.15, -0.1) is 0 Å². The number of pyridine rings is 1. The lowest BCUT2D eigenvalue weighted by molar-refractivity contribution is 0.462. The van der Waals surface area contributed by atoms with E-state index in [0.29, 0.717) is 16.7 Å². The minimum Gasteiger partial charge on any atom is -0.437 e. The van der Waals surface area contributed by atoms with Gasteiger partial charge in [0, 0.05) is 12.3 Å². The zero-order chi connectivity index (χ0) is 9.80. The Bertz CT molecular complexity index is 417. The van der Waals surface area contributed by atoms with Crippen molar-refractivity contribution in [1.29, 1.82) is 0 Å². The molecular formula is C11H7ClNO. The van der Waals surface area contributed by atoms with Gasteiger partial charge in [-0.2, -0.15) is 0 Å². The van der Waals surface area contributed by atoms with Crippen molar-refractivity contribution in [2.24, 2.45) is 0 Å². The maximum Gasteiger partial charge on any atom is 0.227 e. The zero-order valence-corrected chi connectivity index (χ0v) is 8.03. The molecule has 0 atom stereocenters. The molecule has 2 rings (SSSR count). The molecule has 1 aromatic carbocycles. The van der Waals surface area contributed by atoms with Gasteiger partial charge < -0.3 is 4.74 Å². The van der Waals surface area contributed by atoms with Gasteiger partial charge in [0.2, 0.25) is 5.88 Å². The Morgan fingerprint density at radius 1 is 1.21 bits per heavy atom. The maximum atomic E-state index is 5.91. The van der Waals surface area contributed by atoms with Gasteiger partial charge in [0.15, 0.2) is 0 Å². The summed E-state index contributed by atoms with van der Waals surface area (Å²) >= 11 is 5.91. The number of ether oxygens (including phenoxy) is 1. The van der Waals surface area contributed by atoms with Gasteiger partial charge in [-0.3, -0.25) is 0 Å². The molecule has 0 aliphatic rings. The van der Waals surface area contributed by atoms with Gasteiger partial charge in [-0.05, 0) is 24.3 Å². The van der Waals surface area contributed by atoms with Crippen LogP contribution in [0, 0.1) is 6.07 Å². The number of halogens is 1. The summed E-state index contributed by atoms with van der Waals surface area (Å²) in [5, 5.41) is 0.562. The number of rotatable bonds is 2. The highest BCUT2D eigenvalue weighted by Crippen LogP contribution is 2.26. The van der Waals surface area contributed by atoms with Crippen LogP contribution in [0.3, 0.4) is 0 Å². The monoisotopic (exact) mass is 204 g/mol. The quantitative estimate of drug-likeness (QED) is 0.749. The van der Waals surface area contributed by atoms with Crippen molar-refractivity contribution in [3.8, 4) is 11.6 Å². The topological polar surface area (TPSA) is 22.1 Å². The predicted molar refractivity (Wildman–Crippen MR) is 54.6 cm³/mol. The molecule has 0 saturated heterocycles. The maximum absolute atomic E-state index is 5.91. The summed E-state index contributed by atoms with van der Waals surface area (Å²) in [6.45, 7) is 0. The van der Waals surface area contributed by atoms with E-state index in [1.807, 2.05) is 12.1 Å². The smallest absolute Gasteiger partial charge is 0.227 e. The van der Waals surface area contributed by atoms with Crippen molar-refractivity contribution < 1.29 is 4.74 Å². The largest absolute Gasteiger partial charge is 0.437 e. The van der Waals surface area contributed by atoms with Crippen LogP contribution in [0.1, 0.15) is 0 Å². The molecule has 0 aliphatic heterocycles. The van der Waals surface area contributed by atoms with Gasteiger partial charge >= 0.3 is 0 Å². The molecule has 2 nitrogen and oxygen atoms in total. The second kappa shape index (κ2) is 4.11. The summed E-state index contributed by atoms with van der Waals surface area (Å²) in [5.74, 6) is 1.00. The molecular weight excluding hydrogens is 198 g/mol. The lowest BCUT2D eigenvalue weighted by atomic mass is 10.3. The third kappa shape index (κ3) is 2.03. The number of nitrogens with zero attached hydrogens (tertiary/aromatic N) is 1. The average molecular weight is 205 g/mol. The molecule has 14 heavy (non-hydrogen) atoms. The summed E-state index contributed by atoms with van der Waals surface area (Å²) in [4.78, 5) is 3.98. The van der Waals surface area contributed by atoms with Crippen molar-refractivity contribution >= 4 is 11.6 Å². The molecule has 0 aliphatic carbocycles. The normalized spacial score (nSPS) is 9.79. The van der Waals surface area contributed by atoms with Gasteiger partial charge in [-0.25, -0.2) is 4.98 Å². The van der Waals surface area contributed by atoms with Gasteiger partial charge in [0.05, 0.1) is 5.02 Å². The summed E-state index contributed by atoms with van der Waals surface area (Å²) < 4.78 is 5.41. The fraction of sp³-hybridized carbons (Fsp3) is 0. The minimum absolute atomic E-state index is 0.417. The van der Waals surface area contributed by atoms with Crippen LogP contribution in [0.5, 0.6) is 11.6 Å². The highest BCUT2D eigenvalue weighted by molar-refractivity contribution is 6.32. The molecule has 0 amide bonds. The Kier molecular flexibility index (Phi) is 2.65. The fourth-order valence-electron chi connectivity index (χ4n) is 0.998. The molecule has 69 valence electrons. The number of hydrogen-bond donors (Lipinski definition) is 0. The molecule has 0 unspecified atom stereocenters. The standard InChI is InChI=1S/C11H7ClNO/c12-9-5-1-2-6-10(9)14-11-7-3-4-8-13-11/h1-6,8H. The summed E-state index contributed by atoms with van der Waals surface area (Å²) in [7, 11) is 0. The predicted octanol–water partition coefficient (Wildman–Crippen LogP) is 3.33. The van der Waals surface area contributed by atoms with E-state index in [4.69, 9.17) is 16.3 Å². The SMILES string of the molecule is Clc1ccccc1Oc1[c]cccn1. The number of para-hydroxylation sites is 1. The van der Waals surface area contributed by atoms with Crippen molar-refractivity contribution in [3.05, 3.63) is 53.7 Å². The molecule has 1 aromatic heterocycles. The number of hydrogen-bond acceptors (Lipinski definition) is 2. The third-order valence-electron chi connectivity index (χ3n) is 1.62. The minimum atomic E-state index is 0.417. The van der Waals surface area contributed by atoms with Gasteiger partial charge in [0.25, 0.3) is 0 Å². The van der Waals surface area contributed by atoms with E-state index in [1.54, 1.807) is 30.5 Å². The van der Waals surface area contributed by atoms with Crippen molar-refractivity contribution in [2.75, 3.05) is 0 Å². The molecule has 2 aromatic rings. The van der Waals surface area contributed by atoms with Gasteiger partial charge in [0.1, 0.15) is 5.75 Å². The molecule has 1 heterocycles. The molecule has 0 spiro atoms. The van der Waals surface area contributed by atoms with Crippen LogP contribution in [0.2, 0.25) is 5.02 Å². The van der Waals surface area contributed by atoms with E-state index < -0.39 is 0 Å². The number of aromatic nitrogens is 1. The van der Waals surface area contributed by atoms with E-state index in [0.717, 1.165) is 0 Å². The van der Waals surface area contributed by atoms with Crippen LogP contribution in [0.25, 0.3) is 0 Å². The van der Waals surface area contributed by atoms with Crippen molar-refractivity contribution in [2.45, 2.75) is 0 Å².